The maximum Gasteiger partial charge on any atom is 0.261 e. The molecule has 0 bridgehead atoms. The number of thiophene rings is 1. The van der Waals surface area contributed by atoms with Crippen molar-refractivity contribution in [3.63, 3.8) is 0 Å². The Hall–Kier alpha value is -0.920. The van der Waals surface area contributed by atoms with Gasteiger partial charge in [-0.05, 0) is 28.1 Å². The molecule has 2 heterocycles. The first kappa shape index (κ1) is 12.5. The van der Waals surface area contributed by atoms with Gasteiger partial charge in [-0.1, -0.05) is 0 Å². The first-order chi connectivity index (χ1) is 8.06. The zero-order chi connectivity index (χ0) is 12.4. The fourth-order valence-corrected chi connectivity index (χ4v) is 2.75. The lowest BCUT2D eigenvalue weighted by atomic mass is 10.2. The lowest BCUT2D eigenvalue weighted by Gasteiger charge is -2.35. The fraction of sp³-hybridized carbons (Fsp3) is 0.400. The second kappa shape index (κ2) is 5.16. The topological polar surface area (TPSA) is 69.6 Å². The summed E-state index contributed by atoms with van der Waals surface area (Å²) in [5.41, 5.74) is 0. The van der Waals surface area contributed by atoms with Gasteiger partial charge in [0.1, 0.15) is 0 Å². The largest absolute Gasteiger partial charge is 0.389 e. The Morgan fingerprint density at radius 1 is 1.53 bits per heavy atom. The van der Waals surface area contributed by atoms with Crippen molar-refractivity contribution in [1.29, 1.82) is 0 Å². The average molecular weight is 319 g/mol. The molecule has 2 rings (SSSR count). The van der Waals surface area contributed by atoms with Crippen LogP contribution in [0.5, 0.6) is 0 Å². The third-order valence-corrected chi connectivity index (χ3v) is 4.03. The molecule has 1 aliphatic heterocycles. The van der Waals surface area contributed by atoms with Gasteiger partial charge < -0.3 is 15.3 Å². The van der Waals surface area contributed by atoms with Crippen molar-refractivity contribution in [2.75, 3.05) is 19.6 Å². The molecule has 17 heavy (non-hydrogen) atoms. The van der Waals surface area contributed by atoms with E-state index in [0.717, 1.165) is 3.79 Å². The maximum atomic E-state index is 11.6. The van der Waals surface area contributed by atoms with Crippen LogP contribution in [-0.2, 0) is 4.79 Å². The van der Waals surface area contributed by atoms with E-state index in [0.29, 0.717) is 18.0 Å². The number of nitrogens with one attached hydrogen (secondary N) is 1. The van der Waals surface area contributed by atoms with E-state index in [4.69, 9.17) is 5.11 Å². The van der Waals surface area contributed by atoms with E-state index in [2.05, 4.69) is 21.2 Å². The zero-order valence-corrected chi connectivity index (χ0v) is 11.3. The van der Waals surface area contributed by atoms with Crippen LogP contribution in [0.25, 0.3) is 0 Å². The second-order valence-electron chi connectivity index (χ2n) is 3.74. The van der Waals surface area contributed by atoms with Gasteiger partial charge in [0.15, 0.2) is 0 Å². The average Bonchev–Trinajstić information content (AvgIpc) is 2.68. The number of likely N-dealkylation sites (tertiary alicyclic amines) is 1. The van der Waals surface area contributed by atoms with E-state index in [1.54, 1.807) is 12.1 Å². The number of carbonyl (C=O) groups excluding carboxylic acids is 2. The first-order valence-electron chi connectivity index (χ1n) is 5.05. The Labute approximate surface area is 111 Å². The van der Waals surface area contributed by atoms with E-state index < -0.39 is 6.10 Å². The quantitative estimate of drug-likeness (QED) is 0.850. The molecule has 1 fully saturated rings. The number of aliphatic hydroxyl groups excluding tert-OH is 1. The van der Waals surface area contributed by atoms with E-state index in [1.807, 2.05) is 0 Å². The number of halogens is 1. The Bertz CT molecular complexity index is 443. The highest BCUT2D eigenvalue weighted by Gasteiger charge is 2.28. The molecule has 0 spiro atoms. The Kier molecular flexibility index (Phi) is 3.80. The van der Waals surface area contributed by atoms with Gasteiger partial charge in [-0.2, -0.15) is 0 Å². The van der Waals surface area contributed by atoms with E-state index in [9.17, 15) is 9.59 Å². The maximum absolute atomic E-state index is 11.6. The molecule has 7 heteroatoms. The number of nitrogens with zero attached hydrogens (tertiary/aromatic N) is 1. The van der Waals surface area contributed by atoms with Gasteiger partial charge >= 0.3 is 0 Å². The minimum Gasteiger partial charge on any atom is -0.389 e. The standard InChI is InChI=1S/C10H11BrN2O3S/c11-8-2-1-7(17-8)10(16)12-3-9(15)13-4-6(14)5-13/h1-2,6,14H,3-5H2,(H,12,16). The molecule has 0 aromatic carbocycles. The Balaban J connectivity index is 1.78. The van der Waals surface area contributed by atoms with Crippen LogP contribution in [0.4, 0.5) is 0 Å². The van der Waals surface area contributed by atoms with Gasteiger partial charge in [0.05, 0.1) is 21.3 Å². The zero-order valence-electron chi connectivity index (χ0n) is 8.85. The molecule has 1 saturated heterocycles. The van der Waals surface area contributed by atoms with Crippen LogP contribution in [0, 0.1) is 0 Å². The van der Waals surface area contributed by atoms with Crippen molar-refractivity contribution in [3.8, 4) is 0 Å². The van der Waals surface area contributed by atoms with Crippen molar-refractivity contribution in [2.45, 2.75) is 6.10 Å². The smallest absolute Gasteiger partial charge is 0.261 e. The van der Waals surface area contributed by atoms with E-state index in [1.165, 1.54) is 16.2 Å². The number of rotatable bonds is 3. The Morgan fingerprint density at radius 2 is 2.24 bits per heavy atom. The highest BCUT2D eigenvalue weighted by Crippen LogP contribution is 2.21. The molecule has 1 aromatic heterocycles. The molecule has 0 aliphatic carbocycles. The van der Waals surface area contributed by atoms with Crippen LogP contribution in [0.1, 0.15) is 9.67 Å². The molecule has 0 unspecified atom stereocenters. The van der Waals surface area contributed by atoms with Crippen molar-refractivity contribution in [3.05, 3.63) is 20.8 Å². The number of carbonyl (C=O) groups is 2. The summed E-state index contributed by atoms with van der Waals surface area (Å²) in [5, 5.41) is 11.6. The summed E-state index contributed by atoms with van der Waals surface area (Å²) >= 11 is 4.58. The van der Waals surface area contributed by atoms with E-state index in [-0.39, 0.29) is 18.4 Å². The molecule has 5 nitrogen and oxygen atoms in total. The highest BCUT2D eigenvalue weighted by atomic mass is 79.9. The van der Waals surface area contributed by atoms with Gasteiger partial charge in [-0.25, -0.2) is 0 Å². The minimum atomic E-state index is -0.414. The summed E-state index contributed by atoms with van der Waals surface area (Å²) in [6, 6.07) is 3.48. The molecule has 92 valence electrons. The van der Waals surface area contributed by atoms with Crippen molar-refractivity contribution in [2.24, 2.45) is 0 Å². The van der Waals surface area contributed by atoms with Crippen LogP contribution >= 0.6 is 27.3 Å². The van der Waals surface area contributed by atoms with Crippen LogP contribution in [0.3, 0.4) is 0 Å². The molecular formula is C10H11BrN2O3S. The van der Waals surface area contributed by atoms with Crippen molar-refractivity contribution < 1.29 is 14.7 Å². The third-order valence-electron chi connectivity index (χ3n) is 2.41. The number of aliphatic hydroxyl groups is 1. The summed E-state index contributed by atoms with van der Waals surface area (Å²) in [4.78, 5) is 25.2. The SMILES string of the molecule is O=C(NCC(=O)N1CC(O)C1)c1ccc(Br)s1. The molecule has 2 N–H and O–H groups in total. The van der Waals surface area contributed by atoms with Crippen molar-refractivity contribution in [1.82, 2.24) is 10.2 Å². The summed E-state index contributed by atoms with van der Waals surface area (Å²) in [6.07, 6.45) is -0.414. The Morgan fingerprint density at radius 3 is 2.76 bits per heavy atom. The minimum absolute atomic E-state index is 0.0267. The summed E-state index contributed by atoms with van der Waals surface area (Å²) in [5.74, 6) is -0.422. The molecule has 2 amide bonds. The number of amides is 2. The second-order valence-corrected chi connectivity index (χ2v) is 6.20. The van der Waals surface area contributed by atoms with Crippen molar-refractivity contribution >= 4 is 39.1 Å². The van der Waals surface area contributed by atoms with Crippen LogP contribution in [0.15, 0.2) is 15.9 Å². The lowest BCUT2D eigenvalue weighted by Crippen LogP contribution is -2.55. The molecule has 0 saturated carbocycles. The summed E-state index contributed by atoms with van der Waals surface area (Å²) < 4.78 is 0.875. The number of hydrogen-bond acceptors (Lipinski definition) is 4. The van der Waals surface area contributed by atoms with Gasteiger partial charge in [0.25, 0.3) is 5.91 Å². The van der Waals surface area contributed by atoms with Gasteiger partial charge in [-0.3, -0.25) is 9.59 Å². The van der Waals surface area contributed by atoms with Gasteiger partial charge in [0, 0.05) is 13.1 Å². The molecule has 0 atom stereocenters. The summed E-state index contributed by atoms with van der Waals surface area (Å²) in [7, 11) is 0. The lowest BCUT2D eigenvalue weighted by molar-refractivity contribution is -0.140. The number of hydrogen-bond donors (Lipinski definition) is 2. The first-order valence-corrected chi connectivity index (χ1v) is 6.66. The van der Waals surface area contributed by atoms with E-state index >= 15 is 0 Å². The fourth-order valence-electron chi connectivity index (χ4n) is 1.45. The predicted octanol–water partition coefficient (Wildman–Crippen LogP) is 0.444. The number of β-amino-alcohol motifs (C(OH)–C–C–N with tert-alkyl or cyclic N) is 1. The third kappa shape index (κ3) is 3.05. The highest BCUT2D eigenvalue weighted by molar-refractivity contribution is 9.11. The van der Waals surface area contributed by atoms with Gasteiger partial charge in [-0.15, -0.1) is 11.3 Å². The van der Waals surface area contributed by atoms with Crippen LogP contribution in [-0.4, -0.2) is 47.6 Å². The van der Waals surface area contributed by atoms with Crippen LogP contribution < -0.4 is 5.32 Å². The predicted molar refractivity (Wildman–Crippen MR) is 66.9 cm³/mol. The molecule has 0 radical (unpaired) electrons. The van der Waals surface area contributed by atoms with Gasteiger partial charge in [0.2, 0.25) is 5.91 Å². The molecule has 1 aliphatic rings. The molecular weight excluding hydrogens is 308 g/mol. The summed E-state index contributed by atoms with van der Waals surface area (Å²) in [6.45, 7) is 0.694. The molecule has 1 aromatic rings. The monoisotopic (exact) mass is 318 g/mol. The van der Waals surface area contributed by atoms with Crippen LogP contribution in [0.2, 0.25) is 0 Å². The normalized spacial score (nSPS) is 15.5.